The van der Waals surface area contributed by atoms with Gasteiger partial charge in [0.25, 0.3) is 0 Å². The van der Waals surface area contributed by atoms with Gasteiger partial charge in [0.1, 0.15) is 10.7 Å². The summed E-state index contributed by atoms with van der Waals surface area (Å²) in [7, 11) is -4.27. The third-order valence-electron chi connectivity index (χ3n) is 2.07. The van der Waals surface area contributed by atoms with E-state index < -0.39 is 27.7 Å². The van der Waals surface area contributed by atoms with Crippen LogP contribution in [0, 0.1) is 5.82 Å². The molecule has 0 amide bonds. The molecule has 0 fully saturated rings. The predicted octanol–water partition coefficient (Wildman–Crippen LogP) is 0.856. The minimum absolute atomic E-state index is 0.309. The maximum Gasteiger partial charge on any atom is 0.357 e. The molecule has 6 nitrogen and oxygen atoms in total. The van der Waals surface area contributed by atoms with Crippen molar-refractivity contribution in [2.24, 2.45) is 0 Å². The Balaban J connectivity index is 2.36. The molecule has 1 heterocycles. The molecular formula is C10H8FNO5S. The van der Waals surface area contributed by atoms with Crippen LogP contribution in [0.25, 0.3) is 0 Å². The van der Waals surface area contributed by atoms with Crippen molar-refractivity contribution in [1.29, 1.82) is 0 Å². The van der Waals surface area contributed by atoms with Crippen LogP contribution in [0.15, 0.2) is 41.3 Å². The third-order valence-corrected chi connectivity index (χ3v) is 3.27. The van der Waals surface area contributed by atoms with Gasteiger partial charge in [0.05, 0.1) is 0 Å². The van der Waals surface area contributed by atoms with Crippen molar-refractivity contribution in [1.82, 2.24) is 4.73 Å². The summed E-state index contributed by atoms with van der Waals surface area (Å²) < 4.78 is 40.9. The molecule has 2 aromatic rings. The summed E-state index contributed by atoms with van der Waals surface area (Å²) in [5, 5.41) is 18.5. The second-order valence-corrected chi connectivity index (χ2v) is 4.86. The smallest absolute Gasteiger partial charge is 0.357 e. The van der Waals surface area contributed by atoms with Crippen LogP contribution in [0.3, 0.4) is 0 Å². The zero-order valence-electron chi connectivity index (χ0n) is 8.82. The van der Waals surface area contributed by atoms with Gasteiger partial charge in [-0.2, -0.15) is 8.42 Å². The van der Waals surface area contributed by atoms with Gasteiger partial charge < -0.3 is 10.2 Å². The Morgan fingerprint density at radius 3 is 2.00 bits per heavy atom. The maximum absolute atomic E-state index is 12.7. The molecule has 8 heteroatoms. The molecule has 2 rings (SSSR count). The highest BCUT2D eigenvalue weighted by Gasteiger charge is 2.20. The number of halogens is 1. The van der Waals surface area contributed by atoms with Crippen LogP contribution >= 0.6 is 0 Å². The lowest BCUT2D eigenvalue weighted by Gasteiger charge is -2.08. The topological polar surface area (TPSA) is 88.8 Å². The molecule has 0 bridgehead atoms. The molecular weight excluding hydrogens is 265 g/mol. The largest absolute Gasteiger partial charge is 0.492 e. The molecule has 96 valence electrons. The molecule has 0 aliphatic heterocycles. The number of benzene rings is 1. The van der Waals surface area contributed by atoms with E-state index in [-0.39, 0.29) is 4.90 Å². The van der Waals surface area contributed by atoms with Gasteiger partial charge in [-0.3, -0.25) is 4.28 Å². The van der Waals surface area contributed by atoms with Crippen molar-refractivity contribution in [3.8, 4) is 11.8 Å². The molecule has 0 atom stereocenters. The zero-order valence-corrected chi connectivity index (χ0v) is 9.63. The normalized spacial score (nSPS) is 11.4. The van der Waals surface area contributed by atoms with Crippen molar-refractivity contribution in [3.05, 3.63) is 42.2 Å². The van der Waals surface area contributed by atoms with E-state index in [4.69, 9.17) is 0 Å². The van der Waals surface area contributed by atoms with Gasteiger partial charge in [0, 0.05) is 12.1 Å². The lowest BCUT2D eigenvalue weighted by Crippen LogP contribution is -2.19. The van der Waals surface area contributed by atoms with Crippen LogP contribution < -0.4 is 4.28 Å². The number of nitrogens with zero attached hydrogens (tertiary/aromatic N) is 1. The van der Waals surface area contributed by atoms with Crippen molar-refractivity contribution in [2.75, 3.05) is 0 Å². The second kappa shape index (κ2) is 4.22. The summed E-state index contributed by atoms with van der Waals surface area (Å²) in [6, 6.07) is 6.01. The maximum atomic E-state index is 12.7. The minimum Gasteiger partial charge on any atom is -0.492 e. The average molecular weight is 273 g/mol. The lowest BCUT2D eigenvalue weighted by molar-refractivity contribution is 0.203. The van der Waals surface area contributed by atoms with Crippen LogP contribution in [-0.2, 0) is 10.1 Å². The fourth-order valence-corrected chi connectivity index (χ4v) is 2.13. The van der Waals surface area contributed by atoms with Crippen molar-refractivity contribution in [2.45, 2.75) is 4.90 Å². The Bertz CT molecular complexity index is 643. The fourth-order valence-electron chi connectivity index (χ4n) is 1.22. The van der Waals surface area contributed by atoms with Crippen molar-refractivity contribution < 1.29 is 27.3 Å². The number of hydrogen-bond acceptors (Lipinski definition) is 5. The second-order valence-electron chi connectivity index (χ2n) is 3.33. The Labute approximate surface area is 102 Å². The van der Waals surface area contributed by atoms with E-state index in [0.29, 0.717) is 4.73 Å². The monoisotopic (exact) mass is 273 g/mol. The number of hydrogen-bond donors (Lipinski definition) is 2. The van der Waals surface area contributed by atoms with Gasteiger partial charge in [-0.25, -0.2) is 4.39 Å². The van der Waals surface area contributed by atoms with Crippen LogP contribution in [-0.4, -0.2) is 23.4 Å². The standard InChI is InChI=1S/C10H8FNO5S/c11-7-1-3-8(4-2-7)18(15,16)17-12-9(13)5-6-10(12)14/h1-6,13-14H. The molecule has 0 spiro atoms. The molecule has 1 aromatic carbocycles. The first-order valence-electron chi connectivity index (χ1n) is 4.70. The first-order valence-corrected chi connectivity index (χ1v) is 6.11. The van der Waals surface area contributed by atoms with Crippen LogP contribution in [0.1, 0.15) is 0 Å². The van der Waals surface area contributed by atoms with Crippen LogP contribution in [0.4, 0.5) is 4.39 Å². The van der Waals surface area contributed by atoms with Crippen molar-refractivity contribution >= 4 is 10.1 Å². The molecule has 0 saturated heterocycles. The molecule has 0 unspecified atom stereocenters. The third kappa shape index (κ3) is 2.23. The quantitative estimate of drug-likeness (QED) is 0.865. The number of aromatic hydroxyl groups is 2. The summed E-state index contributed by atoms with van der Waals surface area (Å²) in [5.74, 6) is -1.77. The molecule has 2 N–H and O–H groups in total. The number of aromatic nitrogens is 1. The summed E-state index contributed by atoms with van der Waals surface area (Å²) >= 11 is 0. The highest BCUT2D eigenvalue weighted by Crippen LogP contribution is 2.21. The Morgan fingerprint density at radius 2 is 1.50 bits per heavy atom. The van der Waals surface area contributed by atoms with Crippen molar-refractivity contribution in [3.63, 3.8) is 0 Å². The van der Waals surface area contributed by atoms with E-state index in [1.165, 1.54) is 0 Å². The average Bonchev–Trinajstić information content (AvgIpc) is 2.61. The molecule has 0 aliphatic carbocycles. The SMILES string of the molecule is O=S(=O)(On1c(O)ccc1O)c1ccc(F)cc1. The summed E-state index contributed by atoms with van der Waals surface area (Å²) in [5.41, 5.74) is 0. The van der Waals surface area contributed by atoms with E-state index in [1.807, 2.05) is 0 Å². The van der Waals surface area contributed by atoms with Gasteiger partial charge in [-0.1, -0.05) is 4.73 Å². The Hall–Kier alpha value is -2.22. The van der Waals surface area contributed by atoms with E-state index in [9.17, 15) is 23.0 Å². The number of rotatable bonds is 3. The van der Waals surface area contributed by atoms with Crippen LogP contribution in [0.2, 0.25) is 0 Å². The summed E-state index contributed by atoms with van der Waals surface area (Å²) in [4.78, 5) is -0.309. The van der Waals surface area contributed by atoms with Gasteiger partial charge in [-0.15, -0.1) is 0 Å². The highest BCUT2D eigenvalue weighted by molar-refractivity contribution is 7.87. The molecule has 0 radical (unpaired) electrons. The molecule has 1 aromatic heterocycles. The van der Waals surface area contributed by atoms with Gasteiger partial charge in [0.15, 0.2) is 0 Å². The lowest BCUT2D eigenvalue weighted by atomic mass is 10.4. The Kier molecular flexibility index (Phi) is 2.87. The Morgan fingerprint density at radius 1 is 1.00 bits per heavy atom. The van der Waals surface area contributed by atoms with Gasteiger partial charge in [0.2, 0.25) is 11.8 Å². The minimum atomic E-state index is -4.27. The highest BCUT2D eigenvalue weighted by atomic mass is 32.2. The zero-order chi connectivity index (χ0) is 13.3. The molecule has 0 saturated carbocycles. The van der Waals surface area contributed by atoms with Gasteiger partial charge in [-0.05, 0) is 24.3 Å². The predicted molar refractivity (Wildman–Crippen MR) is 57.9 cm³/mol. The van der Waals surface area contributed by atoms with E-state index in [1.54, 1.807) is 0 Å². The first kappa shape index (κ1) is 12.2. The summed E-state index contributed by atoms with van der Waals surface area (Å²) in [6.07, 6.45) is 0. The first-order chi connectivity index (χ1) is 8.40. The van der Waals surface area contributed by atoms with E-state index in [0.717, 1.165) is 36.4 Å². The fraction of sp³-hybridized carbons (Fsp3) is 0. The van der Waals surface area contributed by atoms with Crippen LogP contribution in [0.5, 0.6) is 11.8 Å². The summed E-state index contributed by atoms with van der Waals surface area (Å²) in [6.45, 7) is 0. The van der Waals surface area contributed by atoms with Gasteiger partial charge >= 0.3 is 10.1 Å². The molecule has 0 aliphatic rings. The van der Waals surface area contributed by atoms with E-state index in [2.05, 4.69) is 4.28 Å². The molecule has 18 heavy (non-hydrogen) atoms. The van der Waals surface area contributed by atoms with E-state index >= 15 is 0 Å².